The maximum absolute atomic E-state index is 12.8. The number of sulfonamides is 1. The Bertz CT molecular complexity index is 879. The Labute approximate surface area is 164 Å². The summed E-state index contributed by atoms with van der Waals surface area (Å²) in [6.07, 6.45) is 1.35. The first-order valence-corrected chi connectivity index (χ1v) is 10.6. The molecular formula is C18H20Cl2N2O3S. The van der Waals surface area contributed by atoms with Gasteiger partial charge in [-0.25, -0.2) is 8.42 Å². The highest BCUT2D eigenvalue weighted by molar-refractivity contribution is 7.92. The van der Waals surface area contributed by atoms with Gasteiger partial charge in [0.25, 0.3) is 0 Å². The molecule has 26 heavy (non-hydrogen) atoms. The summed E-state index contributed by atoms with van der Waals surface area (Å²) in [7, 11) is -3.69. The Kier molecular flexibility index (Phi) is 6.55. The van der Waals surface area contributed by atoms with Crippen molar-refractivity contribution in [3.05, 3.63) is 58.1 Å². The zero-order chi connectivity index (χ0) is 19.5. The number of para-hydroxylation sites is 1. The minimum atomic E-state index is -3.69. The summed E-state index contributed by atoms with van der Waals surface area (Å²) in [6, 6.07) is 10.8. The van der Waals surface area contributed by atoms with E-state index in [-0.39, 0.29) is 22.2 Å². The summed E-state index contributed by atoms with van der Waals surface area (Å²) in [5.74, 6) is -0.506. The second-order valence-corrected chi connectivity index (χ2v) is 8.58. The molecule has 0 aliphatic heterocycles. The van der Waals surface area contributed by atoms with Gasteiger partial charge in [0.1, 0.15) is 6.04 Å². The summed E-state index contributed by atoms with van der Waals surface area (Å²) < 4.78 is 25.9. The molecule has 0 saturated heterocycles. The molecule has 0 saturated carbocycles. The molecule has 1 N–H and O–H groups in total. The highest BCUT2D eigenvalue weighted by Crippen LogP contribution is 2.31. The molecular weight excluding hydrogens is 395 g/mol. The van der Waals surface area contributed by atoms with Crippen molar-refractivity contribution in [2.75, 3.05) is 15.9 Å². The maximum atomic E-state index is 12.8. The van der Waals surface area contributed by atoms with E-state index >= 15 is 0 Å². The van der Waals surface area contributed by atoms with Crippen LogP contribution in [0.1, 0.15) is 18.9 Å². The van der Waals surface area contributed by atoms with E-state index in [4.69, 9.17) is 23.2 Å². The van der Waals surface area contributed by atoms with Crippen LogP contribution in [0.4, 0.5) is 11.4 Å². The zero-order valence-electron chi connectivity index (χ0n) is 14.7. The number of anilines is 2. The maximum Gasteiger partial charge on any atom is 0.248 e. The number of aryl methyl sites for hydroxylation is 1. The highest BCUT2D eigenvalue weighted by atomic mass is 35.5. The number of halogens is 2. The average Bonchev–Trinajstić information content (AvgIpc) is 2.56. The first-order valence-electron chi connectivity index (χ1n) is 7.96. The van der Waals surface area contributed by atoms with Crippen molar-refractivity contribution in [3.8, 4) is 0 Å². The minimum Gasteiger partial charge on any atom is -0.322 e. The SMILES string of the molecule is CCC(C(=O)Nc1c(Cl)cccc1Cl)N(c1ccc(C)cc1)S(C)(=O)=O. The molecule has 5 nitrogen and oxygen atoms in total. The Morgan fingerprint density at radius 2 is 1.65 bits per heavy atom. The van der Waals surface area contributed by atoms with Crippen molar-refractivity contribution in [1.82, 2.24) is 0 Å². The monoisotopic (exact) mass is 414 g/mol. The van der Waals surface area contributed by atoms with Gasteiger partial charge in [0.05, 0.1) is 27.7 Å². The van der Waals surface area contributed by atoms with Crippen molar-refractivity contribution < 1.29 is 13.2 Å². The van der Waals surface area contributed by atoms with Gasteiger partial charge in [-0.05, 0) is 37.6 Å². The van der Waals surface area contributed by atoms with Crippen LogP contribution in [0.2, 0.25) is 10.0 Å². The lowest BCUT2D eigenvalue weighted by molar-refractivity contribution is -0.117. The van der Waals surface area contributed by atoms with Crippen LogP contribution in [-0.2, 0) is 14.8 Å². The smallest absolute Gasteiger partial charge is 0.248 e. The van der Waals surface area contributed by atoms with Crippen molar-refractivity contribution in [3.63, 3.8) is 0 Å². The first kappa shape index (κ1) is 20.6. The number of carbonyl (C=O) groups is 1. The van der Waals surface area contributed by atoms with Crippen LogP contribution in [0.15, 0.2) is 42.5 Å². The van der Waals surface area contributed by atoms with E-state index in [0.29, 0.717) is 5.69 Å². The van der Waals surface area contributed by atoms with Crippen molar-refractivity contribution in [2.24, 2.45) is 0 Å². The van der Waals surface area contributed by atoms with Crippen LogP contribution >= 0.6 is 23.2 Å². The Morgan fingerprint density at radius 1 is 1.12 bits per heavy atom. The van der Waals surface area contributed by atoms with Gasteiger partial charge in [0, 0.05) is 0 Å². The van der Waals surface area contributed by atoms with E-state index in [1.807, 2.05) is 6.92 Å². The van der Waals surface area contributed by atoms with Gasteiger partial charge in [-0.15, -0.1) is 0 Å². The number of carbonyl (C=O) groups excluding carboxylic acids is 1. The highest BCUT2D eigenvalue weighted by Gasteiger charge is 2.32. The number of amides is 1. The van der Waals surface area contributed by atoms with Gasteiger partial charge in [-0.2, -0.15) is 0 Å². The normalized spacial score (nSPS) is 12.5. The summed E-state index contributed by atoms with van der Waals surface area (Å²) in [4.78, 5) is 12.8. The topological polar surface area (TPSA) is 66.5 Å². The number of benzene rings is 2. The Hall–Kier alpha value is -1.76. The molecule has 0 radical (unpaired) electrons. The fourth-order valence-corrected chi connectivity index (χ4v) is 4.28. The molecule has 2 aromatic carbocycles. The van der Waals surface area contributed by atoms with Crippen LogP contribution in [0.25, 0.3) is 0 Å². The quantitative estimate of drug-likeness (QED) is 0.756. The molecule has 2 rings (SSSR count). The van der Waals surface area contributed by atoms with E-state index in [0.717, 1.165) is 16.1 Å². The minimum absolute atomic E-state index is 0.261. The van der Waals surface area contributed by atoms with E-state index < -0.39 is 22.0 Å². The van der Waals surface area contributed by atoms with Gasteiger partial charge in [0.2, 0.25) is 15.9 Å². The lowest BCUT2D eigenvalue weighted by Crippen LogP contribution is -2.47. The third-order valence-electron chi connectivity index (χ3n) is 3.83. The summed E-state index contributed by atoms with van der Waals surface area (Å²) in [6.45, 7) is 3.64. The van der Waals surface area contributed by atoms with Crippen molar-refractivity contribution >= 4 is 50.5 Å². The number of rotatable bonds is 6. The molecule has 0 fully saturated rings. The third kappa shape index (κ3) is 4.69. The molecule has 0 spiro atoms. The molecule has 0 aliphatic rings. The van der Waals surface area contributed by atoms with Gasteiger partial charge < -0.3 is 5.32 Å². The van der Waals surface area contributed by atoms with Crippen LogP contribution in [0, 0.1) is 6.92 Å². The van der Waals surface area contributed by atoms with E-state index in [1.165, 1.54) is 0 Å². The average molecular weight is 415 g/mol. The fraction of sp³-hybridized carbons (Fsp3) is 0.278. The molecule has 140 valence electrons. The Balaban J connectivity index is 2.41. The lowest BCUT2D eigenvalue weighted by atomic mass is 10.1. The zero-order valence-corrected chi connectivity index (χ0v) is 17.0. The Morgan fingerprint density at radius 3 is 2.12 bits per heavy atom. The molecule has 0 heterocycles. The molecule has 8 heteroatoms. The van der Waals surface area contributed by atoms with Crippen LogP contribution in [0.3, 0.4) is 0 Å². The second kappa shape index (κ2) is 8.29. The molecule has 1 unspecified atom stereocenters. The molecule has 0 bridgehead atoms. The molecule has 0 aliphatic carbocycles. The first-order chi connectivity index (χ1) is 12.1. The molecule has 1 atom stereocenters. The molecule has 0 aromatic heterocycles. The number of nitrogens with one attached hydrogen (secondary N) is 1. The second-order valence-electron chi connectivity index (χ2n) is 5.90. The van der Waals surface area contributed by atoms with Crippen LogP contribution in [0.5, 0.6) is 0 Å². The molecule has 1 amide bonds. The lowest BCUT2D eigenvalue weighted by Gasteiger charge is -2.30. The standard InChI is InChI=1S/C18H20Cl2N2O3S/c1-4-16(18(23)21-17-14(19)6-5-7-15(17)20)22(26(3,24)25)13-10-8-12(2)9-11-13/h5-11,16H,4H2,1-3H3,(H,21,23). The largest absolute Gasteiger partial charge is 0.322 e. The van der Waals surface area contributed by atoms with E-state index in [1.54, 1.807) is 49.4 Å². The van der Waals surface area contributed by atoms with Gasteiger partial charge in [-0.3, -0.25) is 9.10 Å². The summed E-state index contributed by atoms with van der Waals surface area (Å²) in [5, 5.41) is 3.21. The summed E-state index contributed by atoms with van der Waals surface area (Å²) >= 11 is 12.2. The number of hydrogen-bond acceptors (Lipinski definition) is 3. The fourth-order valence-electron chi connectivity index (χ4n) is 2.58. The number of hydrogen-bond donors (Lipinski definition) is 1. The predicted molar refractivity (Wildman–Crippen MR) is 108 cm³/mol. The van der Waals surface area contributed by atoms with Crippen LogP contribution < -0.4 is 9.62 Å². The van der Waals surface area contributed by atoms with Gasteiger partial charge >= 0.3 is 0 Å². The van der Waals surface area contributed by atoms with Crippen molar-refractivity contribution in [1.29, 1.82) is 0 Å². The van der Waals surface area contributed by atoms with Gasteiger partial charge in [0.15, 0.2) is 0 Å². The molecule has 2 aromatic rings. The van der Waals surface area contributed by atoms with E-state index in [9.17, 15) is 13.2 Å². The van der Waals surface area contributed by atoms with E-state index in [2.05, 4.69) is 5.32 Å². The third-order valence-corrected chi connectivity index (χ3v) is 5.64. The summed E-state index contributed by atoms with van der Waals surface area (Å²) in [5.41, 5.74) is 1.67. The van der Waals surface area contributed by atoms with Crippen LogP contribution in [-0.4, -0.2) is 26.6 Å². The van der Waals surface area contributed by atoms with Crippen molar-refractivity contribution in [2.45, 2.75) is 26.3 Å². The predicted octanol–water partition coefficient (Wildman–Crippen LogP) is 4.49. The van der Waals surface area contributed by atoms with Gasteiger partial charge in [-0.1, -0.05) is 53.9 Å². The number of nitrogens with zero attached hydrogens (tertiary/aromatic N) is 1.